The smallest absolute Gasteiger partial charge is 0.0608 e. The molecule has 0 radical (unpaired) electrons. The number of aryl methyl sites for hydroxylation is 2. The van der Waals surface area contributed by atoms with E-state index in [9.17, 15) is 0 Å². The van der Waals surface area contributed by atoms with Crippen LogP contribution in [0.3, 0.4) is 0 Å². The predicted octanol–water partition coefficient (Wildman–Crippen LogP) is 4.36. The Morgan fingerprint density at radius 1 is 1.21 bits per heavy atom. The van der Waals surface area contributed by atoms with E-state index in [1.807, 2.05) is 0 Å². The number of benzene rings is 1. The maximum absolute atomic E-state index is 3.58. The molecular formula is C17H28N2. The lowest BCUT2D eigenvalue weighted by atomic mass is 9.98. The van der Waals surface area contributed by atoms with Crippen molar-refractivity contribution in [2.75, 3.05) is 23.3 Å². The van der Waals surface area contributed by atoms with E-state index in [2.05, 4.69) is 57.0 Å². The zero-order valence-corrected chi connectivity index (χ0v) is 13.1. The third-order valence-corrected chi connectivity index (χ3v) is 4.65. The number of rotatable bonds is 4. The first-order chi connectivity index (χ1) is 9.06. The molecular weight excluding hydrogens is 232 g/mol. The van der Waals surface area contributed by atoms with Crippen LogP contribution < -0.4 is 10.2 Å². The molecule has 1 heterocycles. The molecule has 1 aliphatic rings. The molecule has 0 fully saturated rings. The van der Waals surface area contributed by atoms with Gasteiger partial charge in [0, 0.05) is 19.1 Å². The Bertz CT molecular complexity index is 435. The molecule has 1 aromatic carbocycles. The first-order valence-electron chi connectivity index (χ1n) is 7.68. The Morgan fingerprint density at radius 2 is 1.84 bits per heavy atom. The van der Waals surface area contributed by atoms with Crippen molar-refractivity contribution < 1.29 is 0 Å². The zero-order valence-electron chi connectivity index (χ0n) is 13.1. The summed E-state index contributed by atoms with van der Waals surface area (Å²) >= 11 is 0. The molecule has 106 valence electrons. The normalized spacial score (nSPS) is 18.4. The van der Waals surface area contributed by atoms with Gasteiger partial charge < -0.3 is 10.2 Å². The van der Waals surface area contributed by atoms with Crippen LogP contribution in [0.5, 0.6) is 0 Å². The van der Waals surface area contributed by atoms with Crippen molar-refractivity contribution >= 4 is 11.4 Å². The number of nitrogens with zero attached hydrogens (tertiary/aromatic N) is 1. The van der Waals surface area contributed by atoms with Crippen LogP contribution in [0.2, 0.25) is 0 Å². The van der Waals surface area contributed by atoms with Gasteiger partial charge in [-0.05, 0) is 49.9 Å². The minimum atomic E-state index is 0.579. The average Bonchev–Trinajstić information content (AvgIpc) is 2.40. The topological polar surface area (TPSA) is 15.3 Å². The van der Waals surface area contributed by atoms with E-state index in [1.54, 1.807) is 0 Å². The lowest BCUT2D eigenvalue weighted by Gasteiger charge is -2.40. The Balaban J connectivity index is 2.32. The monoisotopic (exact) mass is 260 g/mol. The average molecular weight is 260 g/mol. The fourth-order valence-corrected chi connectivity index (χ4v) is 2.89. The fraction of sp³-hybridized carbons (Fsp3) is 0.647. The van der Waals surface area contributed by atoms with Gasteiger partial charge in [-0.25, -0.2) is 0 Å². The van der Waals surface area contributed by atoms with Gasteiger partial charge in [-0.3, -0.25) is 0 Å². The van der Waals surface area contributed by atoms with Crippen LogP contribution in [0, 0.1) is 19.8 Å². The van der Waals surface area contributed by atoms with Crippen LogP contribution in [-0.4, -0.2) is 19.1 Å². The highest BCUT2D eigenvalue weighted by molar-refractivity contribution is 5.74. The Hall–Kier alpha value is -1.18. The van der Waals surface area contributed by atoms with Crippen molar-refractivity contribution in [1.29, 1.82) is 0 Å². The van der Waals surface area contributed by atoms with Crippen LogP contribution >= 0.6 is 0 Å². The molecule has 2 heteroatoms. The summed E-state index contributed by atoms with van der Waals surface area (Å²) in [6, 6.07) is 5.24. The van der Waals surface area contributed by atoms with Crippen molar-refractivity contribution in [3.8, 4) is 0 Å². The maximum Gasteiger partial charge on any atom is 0.0608 e. The Kier molecular flexibility index (Phi) is 4.38. The molecule has 1 atom stereocenters. The van der Waals surface area contributed by atoms with Gasteiger partial charge in [0.15, 0.2) is 0 Å². The molecule has 1 N–H and O–H groups in total. The van der Waals surface area contributed by atoms with Gasteiger partial charge in [-0.1, -0.05) is 26.7 Å². The number of anilines is 2. The van der Waals surface area contributed by atoms with Crippen molar-refractivity contribution in [3.05, 3.63) is 23.3 Å². The van der Waals surface area contributed by atoms with Gasteiger partial charge in [0.05, 0.1) is 11.4 Å². The second-order valence-electron chi connectivity index (χ2n) is 6.02. The molecule has 0 saturated heterocycles. The van der Waals surface area contributed by atoms with Crippen molar-refractivity contribution in [1.82, 2.24) is 0 Å². The van der Waals surface area contributed by atoms with Crippen LogP contribution in [-0.2, 0) is 0 Å². The lowest BCUT2D eigenvalue weighted by molar-refractivity contribution is 0.461. The van der Waals surface area contributed by atoms with Gasteiger partial charge in [0.2, 0.25) is 0 Å². The Morgan fingerprint density at radius 3 is 2.47 bits per heavy atom. The molecule has 1 aliphatic heterocycles. The molecule has 1 unspecified atom stereocenters. The summed E-state index contributed by atoms with van der Waals surface area (Å²) in [5.41, 5.74) is 5.48. The zero-order chi connectivity index (χ0) is 14.0. The van der Waals surface area contributed by atoms with E-state index in [0.717, 1.165) is 12.5 Å². The van der Waals surface area contributed by atoms with E-state index in [1.165, 1.54) is 41.9 Å². The van der Waals surface area contributed by atoms with Crippen LogP contribution in [0.4, 0.5) is 11.4 Å². The predicted molar refractivity (Wildman–Crippen MR) is 85.3 cm³/mol. The molecule has 0 bridgehead atoms. The van der Waals surface area contributed by atoms with Crippen molar-refractivity contribution in [2.24, 2.45) is 5.92 Å². The molecule has 0 saturated carbocycles. The minimum Gasteiger partial charge on any atom is -0.381 e. The van der Waals surface area contributed by atoms with E-state index in [-0.39, 0.29) is 0 Å². The van der Waals surface area contributed by atoms with E-state index in [4.69, 9.17) is 0 Å². The van der Waals surface area contributed by atoms with Crippen LogP contribution in [0.1, 0.15) is 44.7 Å². The van der Waals surface area contributed by atoms with E-state index >= 15 is 0 Å². The molecule has 0 spiro atoms. The van der Waals surface area contributed by atoms with E-state index in [0.29, 0.717) is 6.04 Å². The number of nitrogens with one attached hydrogen (secondary N) is 1. The van der Waals surface area contributed by atoms with Crippen LogP contribution in [0.15, 0.2) is 12.1 Å². The SMILES string of the molecule is CCC(CC)CN1c2cc(C)c(C)cc2NCC1C. The van der Waals surface area contributed by atoms with Gasteiger partial charge in [0.25, 0.3) is 0 Å². The first kappa shape index (κ1) is 14.2. The number of hydrogen-bond acceptors (Lipinski definition) is 2. The van der Waals surface area contributed by atoms with E-state index < -0.39 is 0 Å². The highest BCUT2D eigenvalue weighted by atomic mass is 15.2. The lowest BCUT2D eigenvalue weighted by Crippen LogP contribution is -2.44. The summed E-state index contributed by atoms with van der Waals surface area (Å²) in [5.74, 6) is 0.801. The molecule has 1 aromatic rings. The first-order valence-corrected chi connectivity index (χ1v) is 7.68. The third-order valence-electron chi connectivity index (χ3n) is 4.65. The van der Waals surface area contributed by atoms with Crippen molar-refractivity contribution in [3.63, 3.8) is 0 Å². The Labute approximate surface area is 118 Å². The summed E-state index contributed by atoms with van der Waals surface area (Å²) in [6.07, 6.45) is 2.54. The second kappa shape index (κ2) is 5.85. The minimum absolute atomic E-state index is 0.579. The summed E-state index contributed by atoms with van der Waals surface area (Å²) in [4.78, 5) is 2.61. The van der Waals surface area contributed by atoms with Gasteiger partial charge in [0.1, 0.15) is 0 Å². The van der Waals surface area contributed by atoms with Gasteiger partial charge in [-0.15, -0.1) is 0 Å². The molecule has 19 heavy (non-hydrogen) atoms. The second-order valence-corrected chi connectivity index (χ2v) is 6.02. The molecule has 0 aliphatic carbocycles. The van der Waals surface area contributed by atoms with Crippen LogP contribution in [0.25, 0.3) is 0 Å². The third kappa shape index (κ3) is 2.88. The number of fused-ring (bicyclic) bond motifs is 1. The molecule has 0 amide bonds. The summed E-state index contributed by atoms with van der Waals surface area (Å²) < 4.78 is 0. The van der Waals surface area contributed by atoms with Crippen molar-refractivity contribution in [2.45, 2.75) is 53.5 Å². The summed E-state index contributed by atoms with van der Waals surface area (Å²) in [7, 11) is 0. The maximum atomic E-state index is 3.58. The number of hydrogen-bond donors (Lipinski definition) is 1. The largest absolute Gasteiger partial charge is 0.381 e. The summed E-state index contributed by atoms with van der Waals surface area (Å²) in [6.45, 7) is 13.6. The fourth-order valence-electron chi connectivity index (χ4n) is 2.89. The summed E-state index contributed by atoms with van der Waals surface area (Å²) in [5, 5.41) is 3.58. The van der Waals surface area contributed by atoms with Gasteiger partial charge in [-0.2, -0.15) is 0 Å². The standard InChI is InChI=1S/C17H28N2/c1-6-15(7-2)11-19-14(5)10-18-16-8-12(3)13(4)9-17(16)19/h8-9,14-15,18H,6-7,10-11H2,1-5H3. The van der Waals surface area contributed by atoms with Gasteiger partial charge >= 0.3 is 0 Å². The quantitative estimate of drug-likeness (QED) is 0.865. The highest BCUT2D eigenvalue weighted by Crippen LogP contribution is 2.34. The molecule has 2 nitrogen and oxygen atoms in total. The molecule has 2 rings (SSSR count). The molecule has 0 aromatic heterocycles. The highest BCUT2D eigenvalue weighted by Gasteiger charge is 2.24.